The summed E-state index contributed by atoms with van der Waals surface area (Å²) in [5, 5.41) is 0.693. The van der Waals surface area contributed by atoms with E-state index < -0.39 is 0 Å². The first-order valence-corrected chi connectivity index (χ1v) is 6.13. The lowest BCUT2D eigenvalue weighted by atomic mass is 10.1. The van der Waals surface area contributed by atoms with Crippen molar-refractivity contribution in [3.05, 3.63) is 57.5 Å². The molecule has 0 fully saturated rings. The Labute approximate surface area is 108 Å². The highest BCUT2D eigenvalue weighted by atomic mass is 79.9. The monoisotopic (exact) mass is 296 g/mol. The SMILES string of the molecule is Clc1c(CCc2ccccn2)ccnc1Br. The number of pyridine rings is 2. The minimum atomic E-state index is 0.693. The van der Waals surface area contributed by atoms with E-state index in [2.05, 4.69) is 25.9 Å². The van der Waals surface area contributed by atoms with Crippen molar-refractivity contribution in [3.63, 3.8) is 0 Å². The molecule has 4 heteroatoms. The number of aromatic nitrogens is 2. The fraction of sp³-hybridized carbons (Fsp3) is 0.167. The average molecular weight is 298 g/mol. The van der Waals surface area contributed by atoms with Gasteiger partial charge in [-0.05, 0) is 52.5 Å². The van der Waals surface area contributed by atoms with Gasteiger partial charge in [0.1, 0.15) is 4.60 Å². The van der Waals surface area contributed by atoms with E-state index in [1.54, 1.807) is 12.4 Å². The fourth-order valence-corrected chi connectivity index (χ4v) is 2.04. The lowest BCUT2D eigenvalue weighted by molar-refractivity contribution is 0.909. The highest BCUT2D eigenvalue weighted by molar-refractivity contribution is 9.10. The molecule has 2 aromatic rings. The maximum Gasteiger partial charge on any atom is 0.124 e. The van der Waals surface area contributed by atoms with Crippen LogP contribution in [0.5, 0.6) is 0 Å². The van der Waals surface area contributed by atoms with E-state index in [9.17, 15) is 0 Å². The van der Waals surface area contributed by atoms with Gasteiger partial charge in [0.05, 0.1) is 5.02 Å². The minimum Gasteiger partial charge on any atom is -0.261 e. The fourth-order valence-electron chi connectivity index (χ4n) is 1.46. The molecule has 16 heavy (non-hydrogen) atoms. The van der Waals surface area contributed by atoms with Crippen molar-refractivity contribution in [2.45, 2.75) is 12.8 Å². The molecule has 2 rings (SSSR count). The van der Waals surface area contributed by atoms with Gasteiger partial charge >= 0.3 is 0 Å². The van der Waals surface area contributed by atoms with E-state index in [4.69, 9.17) is 11.6 Å². The van der Waals surface area contributed by atoms with Gasteiger partial charge in [-0.15, -0.1) is 0 Å². The zero-order valence-corrected chi connectivity index (χ0v) is 10.9. The van der Waals surface area contributed by atoms with Crippen LogP contribution in [0.4, 0.5) is 0 Å². The number of hydrogen-bond donors (Lipinski definition) is 0. The van der Waals surface area contributed by atoms with Gasteiger partial charge in [-0.25, -0.2) is 4.98 Å². The summed E-state index contributed by atoms with van der Waals surface area (Å²) in [5.41, 5.74) is 2.17. The maximum absolute atomic E-state index is 6.13. The molecule has 0 saturated heterocycles. The van der Waals surface area contributed by atoms with Crippen molar-refractivity contribution in [2.75, 3.05) is 0 Å². The van der Waals surface area contributed by atoms with Crippen LogP contribution < -0.4 is 0 Å². The Morgan fingerprint density at radius 3 is 2.69 bits per heavy atom. The molecule has 0 spiro atoms. The molecule has 0 unspecified atom stereocenters. The van der Waals surface area contributed by atoms with Gasteiger partial charge in [0.25, 0.3) is 0 Å². The topological polar surface area (TPSA) is 25.8 Å². The Morgan fingerprint density at radius 2 is 1.94 bits per heavy atom. The van der Waals surface area contributed by atoms with E-state index >= 15 is 0 Å². The standard InChI is InChI=1S/C12H10BrClN2/c13-12-11(14)9(6-8-16-12)4-5-10-3-1-2-7-15-10/h1-3,6-8H,4-5H2. The molecule has 0 N–H and O–H groups in total. The Bertz CT molecular complexity index is 474. The summed E-state index contributed by atoms with van der Waals surface area (Å²) in [5.74, 6) is 0. The zero-order chi connectivity index (χ0) is 11.4. The Balaban J connectivity index is 2.08. The summed E-state index contributed by atoms with van der Waals surface area (Å²) in [6.07, 6.45) is 5.32. The molecule has 0 atom stereocenters. The van der Waals surface area contributed by atoms with Crippen LogP contribution in [0, 0.1) is 0 Å². The van der Waals surface area contributed by atoms with Gasteiger partial charge in [-0.1, -0.05) is 17.7 Å². The molecule has 82 valence electrons. The number of rotatable bonds is 3. The third-order valence-corrected chi connectivity index (χ3v) is 3.55. The Kier molecular flexibility index (Phi) is 3.91. The van der Waals surface area contributed by atoms with Crippen molar-refractivity contribution >= 4 is 27.5 Å². The van der Waals surface area contributed by atoms with Gasteiger partial charge in [0.2, 0.25) is 0 Å². The average Bonchev–Trinajstić information content (AvgIpc) is 2.32. The third kappa shape index (κ3) is 2.80. The minimum absolute atomic E-state index is 0.693. The van der Waals surface area contributed by atoms with Crippen molar-refractivity contribution < 1.29 is 0 Å². The lowest BCUT2D eigenvalue weighted by Gasteiger charge is -2.04. The molecule has 0 aliphatic heterocycles. The quantitative estimate of drug-likeness (QED) is 0.808. The number of hydrogen-bond acceptors (Lipinski definition) is 2. The van der Waals surface area contributed by atoms with Crippen LogP contribution in [-0.4, -0.2) is 9.97 Å². The normalized spacial score (nSPS) is 10.4. The second kappa shape index (κ2) is 5.41. The Morgan fingerprint density at radius 1 is 1.06 bits per heavy atom. The molecule has 0 bridgehead atoms. The van der Waals surface area contributed by atoms with E-state index in [0.29, 0.717) is 9.63 Å². The molecule has 2 nitrogen and oxygen atoms in total. The first-order valence-electron chi connectivity index (χ1n) is 4.96. The second-order valence-corrected chi connectivity index (χ2v) is 4.53. The van der Waals surface area contributed by atoms with Gasteiger partial charge < -0.3 is 0 Å². The molecule has 0 aliphatic rings. The number of nitrogens with zero attached hydrogens (tertiary/aromatic N) is 2. The second-order valence-electron chi connectivity index (χ2n) is 3.40. The maximum atomic E-state index is 6.13. The van der Waals surface area contributed by atoms with E-state index in [0.717, 1.165) is 24.1 Å². The predicted molar refractivity (Wildman–Crippen MR) is 68.6 cm³/mol. The van der Waals surface area contributed by atoms with Crippen LogP contribution in [0.3, 0.4) is 0 Å². The number of aryl methyl sites for hydroxylation is 2. The predicted octanol–water partition coefficient (Wildman–Crippen LogP) is 3.68. The molecule has 0 amide bonds. The summed E-state index contributed by atoms with van der Waals surface area (Å²) < 4.78 is 0.702. The number of halogens is 2. The van der Waals surface area contributed by atoms with E-state index in [1.165, 1.54) is 0 Å². The lowest BCUT2D eigenvalue weighted by Crippen LogP contribution is -1.95. The molecular formula is C12H10BrClN2. The third-order valence-electron chi connectivity index (χ3n) is 2.30. The molecular weight excluding hydrogens is 288 g/mol. The van der Waals surface area contributed by atoms with E-state index in [1.807, 2.05) is 24.3 Å². The van der Waals surface area contributed by atoms with Gasteiger partial charge in [0, 0.05) is 18.1 Å². The van der Waals surface area contributed by atoms with Crippen molar-refractivity contribution in [3.8, 4) is 0 Å². The largest absolute Gasteiger partial charge is 0.261 e. The Hall–Kier alpha value is -0.930. The highest BCUT2D eigenvalue weighted by Gasteiger charge is 2.05. The summed E-state index contributed by atoms with van der Waals surface area (Å²) in [7, 11) is 0. The van der Waals surface area contributed by atoms with Crippen LogP contribution in [0.2, 0.25) is 5.02 Å². The molecule has 0 radical (unpaired) electrons. The zero-order valence-electron chi connectivity index (χ0n) is 8.53. The smallest absolute Gasteiger partial charge is 0.124 e. The first-order chi connectivity index (χ1) is 7.77. The summed E-state index contributed by atoms with van der Waals surface area (Å²) >= 11 is 9.44. The first kappa shape index (κ1) is 11.6. The van der Waals surface area contributed by atoms with Gasteiger partial charge in [-0.2, -0.15) is 0 Å². The van der Waals surface area contributed by atoms with Crippen LogP contribution in [0.1, 0.15) is 11.3 Å². The van der Waals surface area contributed by atoms with Crippen LogP contribution in [0.25, 0.3) is 0 Å². The molecule has 0 aromatic carbocycles. The summed E-state index contributed by atoms with van der Waals surface area (Å²) in [4.78, 5) is 8.34. The summed E-state index contributed by atoms with van der Waals surface area (Å²) in [6.45, 7) is 0. The van der Waals surface area contributed by atoms with Crippen molar-refractivity contribution in [1.82, 2.24) is 9.97 Å². The van der Waals surface area contributed by atoms with Crippen LogP contribution in [0.15, 0.2) is 41.3 Å². The summed E-state index contributed by atoms with van der Waals surface area (Å²) in [6, 6.07) is 7.87. The van der Waals surface area contributed by atoms with Crippen LogP contribution in [-0.2, 0) is 12.8 Å². The molecule has 2 heterocycles. The molecule has 0 saturated carbocycles. The highest BCUT2D eigenvalue weighted by Crippen LogP contribution is 2.24. The van der Waals surface area contributed by atoms with Gasteiger partial charge in [0.15, 0.2) is 0 Å². The molecule has 2 aromatic heterocycles. The van der Waals surface area contributed by atoms with Crippen molar-refractivity contribution in [1.29, 1.82) is 0 Å². The van der Waals surface area contributed by atoms with Crippen molar-refractivity contribution in [2.24, 2.45) is 0 Å². The molecule has 0 aliphatic carbocycles. The van der Waals surface area contributed by atoms with E-state index in [-0.39, 0.29) is 0 Å². The van der Waals surface area contributed by atoms with Crippen LogP contribution >= 0.6 is 27.5 Å². The van der Waals surface area contributed by atoms with Gasteiger partial charge in [-0.3, -0.25) is 4.98 Å².